The van der Waals surface area contributed by atoms with Crippen LogP contribution in [0.4, 0.5) is 22.4 Å². The predicted octanol–water partition coefficient (Wildman–Crippen LogP) is 5.31. The molecule has 0 aliphatic heterocycles. The van der Waals surface area contributed by atoms with Crippen LogP contribution in [0.1, 0.15) is 54.2 Å². The molecule has 0 unspecified atom stereocenters. The molecule has 1 fully saturated rings. The van der Waals surface area contributed by atoms with Crippen LogP contribution in [-0.2, 0) is 18.1 Å². The summed E-state index contributed by atoms with van der Waals surface area (Å²) < 4.78 is 60.4. The van der Waals surface area contributed by atoms with Crippen molar-refractivity contribution >= 4 is 17.6 Å². The number of benzene rings is 1. The first-order valence-corrected chi connectivity index (χ1v) is 11.3. The second-order valence-corrected chi connectivity index (χ2v) is 8.92. The maximum atomic E-state index is 14.6. The summed E-state index contributed by atoms with van der Waals surface area (Å²) in [6.07, 6.45) is -0.342. The van der Waals surface area contributed by atoms with Crippen molar-refractivity contribution in [3.8, 4) is 0 Å². The Kier molecular flexibility index (Phi) is 6.98. The third-order valence-corrected chi connectivity index (χ3v) is 6.12. The second-order valence-electron chi connectivity index (χ2n) is 8.48. The number of halogens is 5. The fraction of sp³-hybridized carbons (Fsp3) is 0.391. The number of carbonyl (C=O) groups excluding carboxylic acids is 1. The van der Waals surface area contributed by atoms with E-state index in [-0.39, 0.29) is 40.5 Å². The fourth-order valence-electron chi connectivity index (χ4n) is 4.28. The van der Waals surface area contributed by atoms with Crippen molar-refractivity contribution in [2.45, 2.75) is 56.8 Å². The van der Waals surface area contributed by atoms with Gasteiger partial charge in [0.15, 0.2) is 5.82 Å². The first kappa shape index (κ1) is 24.9. The lowest BCUT2D eigenvalue weighted by atomic mass is 9.81. The molecule has 2 heterocycles. The molecular formula is C23H22ClF4N5O2. The van der Waals surface area contributed by atoms with Gasteiger partial charge in [-0.25, -0.2) is 9.18 Å². The average Bonchev–Trinajstić information content (AvgIpc) is 3.44. The van der Waals surface area contributed by atoms with Gasteiger partial charge in [-0.2, -0.15) is 18.2 Å². The van der Waals surface area contributed by atoms with E-state index in [0.29, 0.717) is 6.07 Å². The molecule has 0 bridgehead atoms. The highest BCUT2D eigenvalue weighted by Gasteiger charge is 2.42. The number of carbonyl (C=O) groups is 1. The van der Waals surface area contributed by atoms with Crippen molar-refractivity contribution in [3.63, 3.8) is 0 Å². The van der Waals surface area contributed by atoms with E-state index in [9.17, 15) is 22.4 Å². The SMILES string of the molecule is Cc1nc(C[C@](NC(=O)NC2CCCC2)(c2cc(F)cc(C(F)(F)F)c2)c2ccc(Cl)cn2)no1. The Bertz CT molecular complexity index is 1200. The fourth-order valence-corrected chi connectivity index (χ4v) is 4.40. The normalized spacial score (nSPS) is 16.2. The standard InChI is InChI=1S/C23H22ClF4N5O2/c1-13-30-20(33-35-13)11-22(19-7-6-16(24)12-29-19,32-21(34)31-18-4-2-3-5-18)14-8-15(23(26,27)28)10-17(25)9-14/h6-10,12,18H,2-5,11H2,1H3,(H2,31,32,34)/t22-/m0/s1. The van der Waals surface area contributed by atoms with Gasteiger partial charge in [-0.05, 0) is 48.7 Å². The summed E-state index contributed by atoms with van der Waals surface area (Å²) in [5.74, 6) is -0.836. The van der Waals surface area contributed by atoms with Gasteiger partial charge in [-0.1, -0.05) is 29.6 Å². The zero-order chi connectivity index (χ0) is 25.2. The lowest BCUT2D eigenvalue weighted by Crippen LogP contribution is -2.54. The molecule has 0 saturated heterocycles. The minimum atomic E-state index is -4.83. The minimum Gasteiger partial charge on any atom is -0.340 e. The van der Waals surface area contributed by atoms with E-state index < -0.39 is 29.1 Å². The molecular weight excluding hydrogens is 490 g/mol. The number of rotatable bonds is 6. The first-order valence-electron chi connectivity index (χ1n) is 10.9. The third kappa shape index (κ3) is 5.72. The Morgan fingerprint density at radius 1 is 1.17 bits per heavy atom. The van der Waals surface area contributed by atoms with Gasteiger partial charge >= 0.3 is 12.2 Å². The summed E-state index contributed by atoms with van der Waals surface area (Å²) in [6, 6.07) is 4.28. The zero-order valence-electron chi connectivity index (χ0n) is 18.6. The molecule has 2 amide bonds. The molecule has 12 heteroatoms. The van der Waals surface area contributed by atoms with Crippen molar-refractivity contribution in [2.24, 2.45) is 0 Å². The average molecular weight is 512 g/mol. The van der Waals surface area contributed by atoms with Gasteiger partial charge in [0.1, 0.15) is 11.4 Å². The molecule has 1 aliphatic carbocycles. The van der Waals surface area contributed by atoms with Crippen LogP contribution in [0, 0.1) is 12.7 Å². The molecule has 35 heavy (non-hydrogen) atoms. The monoisotopic (exact) mass is 511 g/mol. The van der Waals surface area contributed by atoms with Crippen LogP contribution in [-0.4, -0.2) is 27.2 Å². The van der Waals surface area contributed by atoms with Gasteiger partial charge in [0.25, 0.3) is 0 Å². The molecule has 0 spiro atoms. The number of aryl methyl sites for hydroxylation is 1. The van der Waals surface area contributed by atoms with Crippen molar-refractivity contribution < 1.29 is 26.9 Å². The molecule has 1 atom stereocenters. The smallest absolute Gasteiger partial charge is 0.340 e. The van der Waals surface area contributed by atoms with E-state index in [1.165, 1.54) is 18.3 Å². The van der Waals surface area contributed by atoms with Crippen LogP contribution >= 0.6 is 11.6 Å². The van der Waals surface area contributed by atoms with Crippen LogP contribution < -0.4 is 10.6 Å². The number of nitrogens with zero attached hydrogens (tertiary/aromatic N) is 3. The number of alkyl halides is 3. The van der Waals surface area contributed by atoms with Gasteiger partial charge < -0.3 is 15.2 Å². The van der Waals surface area contributed by atoms with Gasteiger partial charge in [-0.3, -0.25) is 4.98 Å². The predicted molar refractivity (Wildman–Crippen MR) is 118 cm³/mol. The van der Waals surface area contributed by atoms with Crippen LogP contribution in [0.15, 0.2) is 41.1 Å². The van der Waals surface area contributed by atoms with Gasteiger partial charge in [0.05, 0.1) is 16.3 Å². The number of urea groups is 1. The molecule has 0 radical (unpaired) electrons. The van der Waals surface area contributed by atoms with Crippen LogP contribution in [0.25, 0.3) is 0 Å². The van der Waals surface area contributed by atoms with Crippen molar-refractivity contribution in [1.29, 1.82) is 0 Å². The number of pyridine rings is 1. The van der Waals surface area contributed by atoms with Gasteiger partial charge in [0, 0.05) is 25.6 Å². The number of amides is 2. The molecule has 7 nitrogen and oxygen atoms in total. The summed E-state index contributed by atoms with van der Waals surface area (Å²) in [7, 11) is 0. The summed E-state index contributed by atoms with van der Waals surface area (Å²) in [4.78, 5) is 21.6. The maximum absolute atomic E-state index is 14.6. The lowest BCUT2D eigenvalue weighted by molar-refractivity contribution is -0.137. The van der Waals surface area contributed by atoms with E-state index in [2.05, 4.69) is 25.8 Å². The third-order valence-electron chi connectivity index (χ3n) is 5.89. The van der Waals surface area contributed by atoms with E-state index in [1.54, 1.807) is 6.92 Å². The summed E-state index contributed by atoms with van der Waals surface area (Å²) >= 11 is 5.99. The molecule has 1 aliphatic rings. The van der Waals surface area contributed by atoms with E-state index in [4.69, 9.17) is 16.1 Å². The Morgan fingerprint density at radius 2 is 1.89 bits per heavy atom. The maximum Gasteiger partial charge on any atom is 0.416 e. The molecule has 2 N–H and O–H groups in total. The molecule has 1 saturated carbocycles. The highest BCUT2D eigenvalue weighted by molar-refractivity contribution is 6.30. The molecule has 1 aromatic carbocycles. The number of aromatic nitrogens is 3. The summed E-state index contributed by atoms with van der Waals surface area (Å²) in [5.41, 5.74) is -3.08. The number of hydrogen-bond acceptors (Lipinski definition) is 5. The van der Waals surface area contributed by atoms with Crippen LogP contribution in [0.3, 0.4) is 0 Å². The molecule has 186 valence electrons. The molecule has 2 aromatic heterocycles. The Hall–Kier alpha value is -3.21. The van der Waals surface area contributed by atoms with Gasteiger partial charge in [-0.15, -0.1) is 0 Å². The Labute approximate surface area is 203 Å². The first-order chi connectivity index (χ1) is 16.5. The minimum absolute atomic E-state index is 0.0817. The highest BCUT2D eigenvalue weighted by Crippen LogP contribution is 2.37. The lowest BCUT2D eigenvalue weighted by Gasteiger charge is -2.35. The number of hydrogen-bond donors (Lipinski definition) is 2. The Morgan fingerprint density at radius 3 is 2.49 bits per heavy atom. The quantitative estimate of drug-likeness (QED) is 0.437. The summed E-state index contributed by atoms with van der Waals surface area (Å²) in [6.45, 7) is 1.54. The van der Waals surface area contributed by atoms with Crippen molar-refractivity contribution in [1.82, 2.24) is 25.8 Å². The topological polar surface area (TPSA) is 92.9 Å². The number of nitrogens with one attached hydrogen (secondary N) is 2. The molecule has 3 aromatic rings. The zero-order valence-corrected chi connectivity index (χ0v) is 19.4. The second kappa shape index (κ2) is 9.80. The van der Waals surface area contributed by atoms with E-state index in [1.807, 2.05) is 0 Å². The van der Waals surface area contributed by atoms with E-state index >= 15 is 0 Å². The summed E-state index contributed by atoms with van der Waals surface area (Å²) in [5, 5.41) is 9.73. The van der Waals surface area contributed by atoms with Gasteiger partial charge in [0.2, 0.25) is 5.89 Å². The van der Waals surface area contributed by atoms with Crippen LogP contribution in [0.5, 0.6) is 0 Å². The molecule has 4 rings (SSSR count). The highest BCUT2D eigenvalue weighted by atomic mass is 35.5. The largest absolute Gasteiger partial charge is 0.416 e. The van der Waals surface area contributed by atoms with E-state index in [0.717, 1.165) is 37.8 Å². The van der Waals surface area contributed by atoms with Crippen molar-refractivity contribution in [2.75, 3.05) is 0 Å². The Balaban J connectivity index is 1.88. The van der Waals surface area contributed by atoms with Crippen molar-refractivity contribution in [3.05, 3.63) is 75.9 Å². The van der Waals surface area contributed by atoms with Crippen LogP contribution in [0.2, 0.25) is 5.02 Å².